The number of benzene rings is 2. The molecule has 2 N–H and O–H groups in total. The van der Waals surface area contributed by atoms with Crippen LogP contribution in [-0.4, -0.2) is 24.5 Å². The van der Waals surface area contributed by atoms with Crippen LogP contribution in [0.5, 0.6) is 11.5 Å². The van der Waals surface area contributed by atoms with Crippen molar-refractivity contribution in [2.75, 3.05) is 6.61 Å². The fraction of sp³-hybridized carbons (Fsp3) is 0.300. The van der Waals surface area contributed by atoms with Crippen LogP contribution in [0.3, 0.4) is 0 Å². The maximum absolute atomic E-state index is 12.1. The molecule has 144 valence electrons. The van der Waals surface area contributed by atoms with Gasteiger partial charge in [0.05, 0.1) is 6.61 Å². The molecule has 0 radical (unpaired) electrons. The third-order valence-electron chi connectivity index (χ3n) is 3.72. The normalized spacial score (nSPS) is 11.4. The molecule has 0 bridgehead atoms. The molecule has 6 nitrogen and oxygen atoms in total. The van der Waals surface area contributed by atoms with Gasteiger partial charge in [-0.05, 0) is 56.2 Å². The molecule has 0 spiro atoms. The number of aryl methyl sites for hydroxylation is 1. The Morgan fingerprint density at radius 1 is 1.04 bits per heavy atom. The molecule has 27 heavy (non-hydrogen) atoms. The number of nitrogens with one attached hydrogen (secondary N) is 2. The zero-order chi connectivity index (χ0) is 19.6. The Balaban J connectivity index is 1.73. The summed E-state index contributed by atoms with van der Waals surface area (Å²) in [6.45, 7) is 4.10. The molecule has 0 heterocycles. The number of halogens is 1. The second-order valence-corrected chi connectivity index (χ2v) is 6.65. The van der Waals surface area contributed by atoms with Gasteiger partial charge in [0.15, 0.2) is 6.10 Å². The van der Waals surface area contributed by atoms with Gasteiger partial charge >= 0.3 is 0 Å². The van der Waals surface area contributed by atoms with Crippen LogP contribution < -0.4 is 20.3 Å². The minimum Gasteiger partial charge on any atom is -0.494 e. The highest BCUT2D eigenvalue weighted by Crippen LogP contribution is 2.19. The standard InChI is InChI=1S/C20H23BrN2O4/c1-3-26-16-9-11-17(12-10-16)27-14(2)20(25)23-22-19(24)13-8-15-6-4-5-7-18(15)21/h4-7,9-12,14H,3,8,13H2,1-2H3,(H,22,24)(H,23,25). The van der Waals surface area contributed by atoms with E-state index >= 15 is 0 Å². The molecule has 2 aromatic carbocycles. The predicted octanol–water partition coefficient (Wildman–Crippen LogP) is 3.40. The quantitative estimate of drug-likeness (QED) is 0.624. The number of hydrazine groups is 1. The molecule has 0 aliphatic rings. The SMILES string of the molecule is CCOc1ccc(OC(C)C(=O)NNC(=O)CCc2ccccc2Br)cc1. The van der Waals surface area contributed by atoms with E-state index in [-0.39, 0.29) is 12.3 Å². The Bertz CT molecular complexity index is 765. The molecule has 2 aromatic rings. The van der Waals surface area contributed by atoms with E-state index in [9.17, 15) is 9.59 Å². The number of hydrogen-bond acceptors (Lipinski definition) is 4. The zero-order valence-electron chi connectivity index (χ0n) is 15.3. The van der Waals surface area contributed by atoms with Gasteiger partial charge in [-0.2, -0.15) is 0 Å². The molecule has 0 saturated heterocycles. The second-order valence-electron chi connectivity index (χ2n) is 5.79. The third kappa shape index (κ3) is 6.94. The lowest BCUT2D eigenvalue weighted by Gasteiger charge is -2.15. The fourth-order valence-electron chi connectivity index (χ4n) is 2.28. The predicted molar refractivity (Wildman–Crippen MR) is 106 cm³/mol. The molecule has 2 rings (SSSR count). The van der Waals surface area contributed by atoms with E-state index < -0.39 is 12.0 Å². The summed E-state index contributed by atoms with van der Waals surface area (Å²) in [6.07, 6.45) is 0.0739. The van der Waals surface area contributed by atoms with Gasteiger partial charge in [0, 0.05) is 10.9 Å². The van der Waals surface area contributed by atoms with Crippen LogP contribution in [0.2, 0.25) is 0 Å². The van der Waals surface area contributed by atoms with Crippen molar-refractivity contribution in [2.45, 2.75) is 32.8 Å². The summed E-state index contributed by atoms with van der Waals surface area (Å²) in [5.41, 5.74) is 5.83. The molecule has 1 unspecified atom stereocenters. The molecule has 1 atom stereocenters. The minimum absolute atomic E-state index is 0.261. The summed E-state index contributed by atoms with van der Waals surface area (Å²) >= 11 is 3.45. The van der Waals surface area contributed by atoms with Gasteiger partial charge in [-0.1, -0.05) is 34.1 Å². The summed E-state index contributed by atoms with van der Waals surface area (Å²) in [5.74, 6) is 0.575. The Morgan fingerprint density at radius 2 is 1.70 bits per heavy atom. The van der Waals surface area contributed by atoms with Gasteiger partial charge in [-0.25, -0.2) is 0 Å². The van der Waals surface area contributed by atoms with Crippen molar-refractivity contribution in [1.29, 1.82) is 0 Å². The topological polar surface area (TPSA) is 76.7 Å². The van der Waals surface area contributed by atoms with Crippen molar-refractivity contribution in [1.82, 2.24) is 10.9 Å². The van der Waals surface area contributed by atoms with Gasteiger partial charge in [-0.3, -0.25) is 20.4 Å². The maximum atomic E-state index is 12.1. The number of ether oxygens (including phenoxy) is 2. The minimum atomic E-state index is -0.758. The lowest BCUT2D eigenvalue weighted by atomic mass is 10.1. The Hall–Kier alpha value is -2.54. The molecule has 0 aliphatic heterocycles. The van der Waals surface area contributed by atoms with Crippen molar-refractivity contribution in [3.8, 4) is 11.5 Å². The van der Waals surface area contributed by atoms with Crippen LogP contribution >= 0.6 is 15.9 Å². The summed E-state index contributed by atoms with van der Waals surface area (Å²) in [5, 5.41) is 0. The smallest absolute Gasteiger partial charge is 0.279 e. The molecular formula is C20H23BrN2O4. The first-order valence-electron chi connectivity index (χ1n) is 8.71. The van der Waals surface area contributed by atoms with Gasteiger partial charge in [-0.15, -0.1) is 0 Å². The lowest BCUT2D eigenvalue weighted by molar-refractivity contribution is -0.132. The first-order valence-corrected chi connectivity index (χ1v) is 9.50. The van der Waals surface area contributed by atoms with E-state index in [0.717, 1.165) is 15.8 Å². The second kappa shape index (κ2) is 10.6. The van der Waals surface area contributed by atoms with Crippen LogP contribution in [0, 0.1) is 0 Å². The van der Waals surface area contributed by atoms with Crippen molar-refractivity contribution in [2.24, 2.45) is 0 Å². The fourth-order valence-corrected chi connectivity index (χ4v) is 2.77. The monoisotopic (exact) mass is 434 g/mol. The molecule has 0 saturated carbocycles. The number of carbonyl (C=O) groups excluding carboxylic acids is 2. The van der Waals surface area contributed by atoms with Crippen molar-refractivity contribution < 1.29 is 19.1 Å². The molecular weight excluding hydrogens is 412 g/mol. The molecule has 0 aliphatic carbocycles. The highest BCUT2D eigenvalue weighted by Gasteiger charge is 2.15. The highest BCUT2D eigenvalue weighted by atomic mass is 79.9. The average Bonchev–Trinajstić information content (AvgIpc) is 2.67. The summed E-state index contributed by atoms with van der Waals surface area (Å²) < 4.78 is 11.9. The van der Waals surface area contributed by atoms with Crippen LogP contribution in [0.15, 0.2) is 53.0 Å². The zero-order valence-corrected chi connectivity index (χ0v) is 16.9. The summed E-state index contributed by atoms with van der Waals surface area (Å²) in [4.78, 5) is 24.0. The van der Waals surface area contributed by atoms with Crippen LogP contribution in [0.4, 0.5) is 0 Å². The first kappa shape index (κ1) is 20.8. The number of carbonyl (C=O) groups is 2. The molecule has 0 fully saturated rings. The Labute approximate surface area is 167 Å². The molecule has 2 amide bonds. The Morgan fingerprint density at radius 3 is 2.37 bits per heavy atom. The third-order valence-corrected chi connectivity index (χ3v) is 4.49. The lowest BCUT2D eigenvalue weighted by Crippen LogP contribution is -2.47. The van der Waals surface area contributed by atoms with E-state index in [1.807, 2.05) is 31.2 Å². The summed E-state index contributed by atoms with van der Waals surface area (Å²) in [7, 11) is 0. The summed E-state index contributed by atoms with van der Waals surface area (Å²) in [6, 6.07) is 14.7. The number of rotatable bonds is 8. The number of hydrogen-bond donors (Lipinski definition) is 2. The van der Waals surface area contributed by atoms with Crippen LogP contribution in [0.1, 0.15) is 25.8 Å². The van der Waals surface area contributed by atoms with Crippen molar-refractivity contribution in [3.05, 3.63) is 58.6 Å². The van der Waals surface area contributed by atoms with Gasteiger partial charge in [0.2, 0.25) is 5.91 Å². The average molecular weight is 435 g/mol. The highest BCUT2D eigenvalue weighted by molar-refractivity contribution is 9.10. The van der Waals surface area contributed by atoms with Crippen LogP contribution in [-0.2, 0) is 16.0 Å². The van der Waals surface area contributed by atoms with E-state index in [2.05, 4.69) is 26.8 Å². The van der Waals surface area contributed by atoms with E-state index in [1.165, 1.54) is 0 Å². The van der Waals surface area contributed by atoms with Crippen molar-refractivity contribution >= 4 is 27.7 Å². The van der Waals surface area contributed by atoms with Gasteiger partial charge in [0.25, 0.3) is 5.91 Å². The van der Waals surface area contributed by atoms with E-state index in [1.54, 1.807) is 31.2 Å². The maximum Gasteiger partial charge on any atom is 0.279 e. The van der Waals surface area contributed by atoms with E-state index in [4.69, 9.17) is 9.47 Å². The van der Waals surface area contributed by atoms with Gasteiger partial charge in [0.1, 0.15) is 11.5 Å². The van der Waals surface area contributed by atoms with Gasteiger partial charge < -0.3 is 9.47 Å². The first-order chi connectivity index (χ1) is 13.0. The largest absolute Gasteiger partial charge is 0.494 e. The van der Waals surface area contributed by atoms with Crippen molar-refractivity contribution in [3.63, 3.8) is 0 Å². The van der Waals surface area contributed by atoms with Crippen LogP contribution in [0.25, 0.3) is 0 Å². The molecule has 7 heteroatoms. The van der Waals surface area contributed by atoms with E-state index in [0.29, 0.717) is 18.8 Å². The number of amides is 2. The molecule has 0 aromatic heterocycles. The Kier molecular flexibility index (Phi) is 8.13.